The number of carbonyl (C=O) groups excluding carboxylic acids is 1. The van der Waals surface area contributed by atoms with Gasteiger partial charge >= 0.3 is 5.97 Å². The minimum Gasteiger partial charge on any atom is -0.504 e. The maximum absolute atomic E-state index is 11.5. The Bertz CT molecular complexity index is 442. The number of rotatable bonds is 2. The summed E-state index contributed by atoms with van der Waals surface area (Å²) in [5.41, 5.74) is 0.941. The van der Waals surface area contributed by atoms with Gasteiger partial charge in [0.2, 0.25) is 0 Å². The summed E-state index contributed by atoms with van der Waals surface area (Å²) in [6.07, 6.45) is -0.385. The molecule has 0 amide bonds. The second-order valence-corrected chi connectivity index (χ2v) is 4.08. The Morgan fingerprint density at radius 3 is 2.56 bits per heavy atom. The van der Waals surface area contributed by atoms with Crippen LogP contribution in [-0.2, 0) is 4.74 Å². The van der Waals surface area contributed by atoms with Crippen molar-refractivity contribution in [1.82, 2.24) is 4.90 Å². The first-order chi connectivity index (χ1) is 7.49. The predicted octanol–water partition coefficient (Wildman–Crippen LogP) is 0.871. The van der Waals surface area contributed by atoms with E-state index in [0.717, 1.165) is 0 Å². The fourth-order valence-electron chi connectivity index (χ4n) is 1.76. The molecule has 1 unspecified atom stereocenters. The molecule has 1 aliphatic rings. The van der Waals surface area contributed by atoms with Gasteiger partial charge in [0.25, 0.3) is 0 Å². The van der Waals surface area contributed by atoms with E-state index in [2.05, 4.69) is 0 Å². The summed E-state index contributed by atoms with van der Waals surface area (Å²) < 4.78 is 5.15. The molecule has 1 aliphatic heterocycles. The van der Waals surface area contributed by atoms with Gasteiger partial charge in [-0.25, -0.2) is 4.79 Å². The van der Waals surface area contributed by atoms with Crippen molar-refractivity contribution >= 4 is 5.97 Å². The van der Waals surface area contributed by atoms with Crippen molar-refractivity contribution in [2.24, 2.45) is 0 Å². The summed E-state index contributed by atoms with van der Waals surface area (Å²) >= 11 is 0. The highest BCUT2D eigenvalue weighted by Crippen LogP contribution is 2.37. The lowest BCUT2D eigenvalue weighted by Gasteiger charge is -2.16. The lowest BCUT2D eigenvalue weighted by Crippen LogP contribution is -2.20. The van der Waals surface area contributed by atoms with Crippen molar-refractivity contribution in [2.45, 2.75) is 6.10 Å². The zero-order valence-electron chi connectivity index (χ0n) is 9.10. The van der Waals surface area contributed by atoms with Gasteiger partial charge in [0.05, 0.1) is 5.56 Å². The number of benzene rings is 1. The number of carbonyl (C=O) groups is 1. The van der Waals surface area contributed by atoms with Gasteiger partial charge < -0.3 is 19.8 Å². The number of hydrogen-bond donors (Lipinski definition) is 2. The molecule has 2 N–H and O–H groups in total. The Morgan fingerprint density at radius 2 is 1.94 bits per heavy atom. The maximum Gasteiger partial charge on any atom is 0.339 e. The number of esters is 1. The standard InChI is InChI=1S/C11H13NO4/c1-12(2)5-10-6-3-8(13)9(14)4-7(6)11(15)16-10/h3-4,10,13-14H,5H2,1-2H3. The van der Waals surface area contributed by atoms with Crippen LogP contribution in [0.25, 0.3) is 0 Å². The largest absolute Gasteiger partial charge is 0.504 e. The van der Waals surface area contributed by atoms with Crippen molar-refractivity contribution in [2.75, 3.05) is 20.6 Å². The van der Waals surface area contributed by atoms with E-state index in [9.17, 15) is 15.0 Å². The SMILES string of the molecule is CN(C)CC1OC(=O)c2cc(O)c(O)cc21. The highest BCUT2D eigenvalue weighted by molar-refractivity contribution is 5.95. The molecule has 2 rings (SSSR count). The molecule has 5 heteroatoms. The summed E-state index contributed by atoms with van der Waals surface area (Å²) in [6, 6.07) is 2.62. The summed E-state index contributed by atoms with van der Waals surface area (Å²) in [7, 11) is 3.73. The van der Waals surface area contributed by atoms with E-state index in [4.69, 9.17) is 4.74 Å². The lowest BCUT2D eigenvalue weighted by molar-refractivity contribution is 0.0331. The molecule has 0 spiro atoms. The Balaban J connectivity index is 2.41. The molecule has 0 aliphatic carbocycles. The molecule has 16 heavy (non-hydrogen) atoms. The molecule has 0 radical (unpaired) electrons. The Morgan fingerprint density at radius 1 is 1.31 bits per heavy atom. The number of hydrogen-bond acceptors (Lipinski definition) is 5. The zero-order valence-corrected chi connectivity index (χ0v) is 9.10. The predicted molar refractivity (Wildman–Crippen MR) is 56.5 cm³/mol. The average molecular weight is 223 g/mol. The van der Waals surface area contributed by atoms with E-state index >= 15 is 0 Å². The molecule has 0 saturated carbocycles. The smallest absolute Gasteiger partial charge is 0.339 e. The number of cyclic esters (lactones) is 1. The second kappa shape index (κ2) is 3.68. The molecular formula is C11H13NO4. The fourth-order valence-corrected chi connectivity index (χ4v) is 1.76. The van der Waals surface area contributed by atoms with Crippen LogP contribution in [-0.4, -0.2) is 41.7 Å². The van der Waals surface area contributed by atoms with Gasteiger partial charge in [0.1, 0.15) is 6.10 Å². The number of nitrogens with zero attached hydrogens (tertiary/aromatic N) is 1. The molecule has 1 heterocycles. The first kappa shape index (κ1) is 10.8. The lowest BCUT2D eigenvalue weighted by atomic mass is 10.0. The molecule has 1 aromatic rings. The van der Waals surface area contributed by atoms with Gasteiger partial charge in [0, 0.05) is 12.1 Å². The molecule has 0 saturated heterocycles. The second-order valence-electron chi connectivity index (χ2n) is 4.08. The number of phenols is 2. The van der Waals surface area contributed by atoms with Crippen LogP contribution in [0.3, 0.4) is 0 Å². The molecule has 0 bridgehead atoms. The third kappa shape index (κ3) is 1.69. The van der Waals surface area contributed by atoms with Crippen molar-refractivity contribution in [1.29, 1.82) is 0 Å². The van der Waals surface area contributed by atoms with Crippen molar-refractivity contribution in [3.8, 4) is 11.5 Å². The van der Waals surface area contributed by atoms with E-state index in [0.29, 0.717) is 17.7 Å². The molecule has 5 nitrogen and oxygen atoms in total. The Kier molecular flexibility index (Phi) is 2.47. The molecular weight excluding hydrogens is 210 g/mol. The fraction of sp³-hybridized carbons (Fsp3) is 0.364. The van der Waals surface area contributed by atoms with Crippen LogP contribution in [0, 0.1) is 0 Å². The number of phenolic OH excluding ortho intramolecular Hbond substituents is 2. The first-order valence-corrected chi connectivity index (χ1v) is 4.90. The van der Waals surface area contributed by atoms with Crippen molar-refractivity contribution < 1.29 is 19.7 Å². The van der Waals surface area contributed by atoms with Crippen LogP contribution in [0.1, 0.15) is 22.0 Å². The van der Waals surface area contributed by atoms with Crippen LogP contribution < -0.4 is 0 Å². The zero-order chi connectivity index (χ0) is 11.9. The van der Waals surface area contributed by atoms with Crippen LogP contribution in [0.4, 0.5) is 0 Å². The number of ether oxygens (including phenoxy) is 1. The average Bonchev–Trinajstić information content (AvgIpc) is 2.44. The number of fused-ring (bicyclic) bond motifs is 1. The summed E-state index contributed by atoms with van der Waals surface area (Å²) in [6.45, 7) is 0.545. The topological polar surface area (TPSA) is 70.0 Å². The number of aromatic hydroxyl groups is 2. The van der Waals surface area contributed by atoms with E-state index < -0.39 is 5.97 Å². The molecule has 1 atom stereocenters. The van der Waals surface area contributed by atoms with E-state index in [-0.39, 0.29) is 17.6 Å². The number of likely N-dealkylation sites (N-methyl/N-ethyl adjacent to an activating group) is 1. The van der Waals surface area contributed by atoms with Gasteiger partial charge in [-0.1, -0.05) is 0 Å². The van der Waals surface area contributed by atoms with Gasteiger partial charge in [-0.2, -0.15) is 0 Å². The van der Waals surface area contributed by atoms with Crippen molar-refractivity contribution in [3.05, 3.63) is 23.3 Å². The van der Waals surface area contributed by atoms with Gasteiger partial charge in [-0.15, -0.1) is 0 Å². The Hall–Kier alpha value is -1.75. The summed E-state index contributed by atoms with van der Waals surface area (Å²) in [5.74, 6) is -1.00. The molecule has 0 aromatic heterocycles. The van der Waals surface area contributed by atoms with Gasteiger partial charge in [0.15, 0.2) is 11.5 Å². The van der Waals surface area contributed by atoms with Gasteiger partial charge in [-0.05, 0) is 26.2 Å². The third-order valence-corrected chi connectivity index (χ3v) is 2.49. The third-order valence-electron chi connectivity index (χ3n) is 2.49. The monoisotopic (exact) mass is 223 g/mol. The maximum atomic E-state index is 11.5. The van der Waals surface area contributed by atoms with E-state index in [1.165, 1.54) is 12.1 Å². The summed E-state index contributed by atoms with van der Waals surface area (Å²) in [4.78, 5) is 13.4. The van der Waals surface area contributed by atoms with Crippen LogP contribution in [0.2, 0.25) is 0 Å². The van der Waals surface area contributed by atoms with E-state index in [1.54, 1.807) is 0 Å². The van der Waals surface area contributed by atoms with E-state index in [1.807, 2.05) is 19.0 Å². The molecule has 1 aromatic carbocycles. The quantitative estimate of drug-likeness (QED) is 0.575. The highest BCUT2D eigenvalue weighted by atomic mass is 16.5. The Labute approximate surface area is 92.9 Å². The van der Waals surface area contributed by atoms with Crippen LogP contribution >= 0.6 is 0 Å². The first-order valence-electron chi connectivity index (χ1n) is 4.90. The summed E-state index contributed by atoms with van der Waals surface area (Å²) in [5, 5.41) is 18.7. The van der Waals surface area contributed by atoms with Crippen LogP contribution in [0.15, 0.2) is 12.1 Å². The minimum absolute atomic E-state index is 0.235. The minimum atomic E-state index is -0.461. The van der Waals surface area contributed by atoms with Crippen LogP contribution in [0.5, 0.6) is 11.5 Å². The molecule has 0 fully saturated rings. The van der Waals surface area contributed by atoms with Gasteiger partial charge in [-0.3, -0.25) is 0 Å². The molecule has 86 valence electrons. The highest BCUT2D eigenvalue weighted by Gasteiger charge is 2.32. The van der Waals surface area contributed by atoms with Crippen molar-refractivity contribution in [3.63, 3.8) is 0 Å². The normalized spacial score (nSPS) is 18.7.